The molecule has 2 aromatic carbocycles. The fourth-order valence-corrected chi connectivity index (χ4v) is 4.57. The topological polar surface area (TPSA) is 102 Å². The number of hydrogen-bond acceptors (Lipinski definition) is 5. The number of amides is 2. The highest BCUT2D eigenvalue weighted by molar-refractivity contribution is 7.92. The zero-order valence-electron chi connectivity index (χ0n) is 16.0. The summed E-state index contributed by atoms with van der Waals surface area (Å²) in [6, 6.07) is 8.60. The van der Waals surface area contributed by atoms with E-state index in [0.29, 0.717) is 16.8 Å². The molecule has 0 bridgehead atoms. The van der Waals surface area contributed by atoms with Crippen molar-refractivity contribution >= 4 is 27.3 Å². The second kappa shape index (κ2) is 8.20. The molecule has 154 valence electrons. The molecule has 0 saturated carbocycles. The molecule has 2 N–H and O–H groups in total. The van der Waals surface area contributed by atoms with Crippen molar-refractivity contribution in [1.82, 2.24) is 5.32 Å². The zero-order valence-corrected chi connectivity index (χ0v) is 16.8. The van der Waals surface area contributed by atoms with E-state index in [2.05, 4.69) is 10.6 Å². The summed E-state index contributed by atoms with van der Waals surface area (Å²) in [5.74, 6) is -0.825. The minimum absolute atomic E-state index is 0.0613. The Kier molecular flexibility index (Phi) is 5.88. The monoisotopic (exact) mass is 420 g/mol. The van der Waals surface area contributed by atoms with E-state index in [1.165, 1.54) is 25.1 Å². The van der Waals surface area contributed by atoms with Gasteiger partial charge in [-0.25, -0.2) is 12.8 Å². The van der Waals surface area contributed by atoms with Crippen molar-refractivity contribution in [3.05, 3.63) is 53.3 Å². The van der Waals surface area contributed by atoms with Crippen molar-refractivity contribution in [2.75, 3.05) is 11.9 Å². The lowest BCUT2D eigenvalue weighted by molar-refractivity contribution is -0.121. The Morgan fingerprint density at radius 3 is 2.66 bits per heavy atom. The van der Waals surface area contributed by atoms with E-state index < -0.39 is 21.0 Å². The predicted molar refractivity (Wildman–Crippen MR) is 105 cm³/mol. The van der Waals surface area contributed by atoms with Gasteiger partial charge in [0.15, 0.2) is 16.4 Å². The van der Waals surface area contributed by atoms with Crippen LogP contribution in [0.3, 0.4) is 0 Å². The SMILES string of the molecule is Cc1cc2c(cc1S(=O)(=O)C(C)CC(=O)NCc1ccc(F)cc1)OCC(=O)N2. The summed E-state index contributed by atoms with van der Waals surface area (Å²) in [6.45, 7) is 3.08. The molecule has 0 saturated heterocycles. The van der Waals surface area contributed by atoms with Crippen molar-refractivity contribution in [2.24, 2.45) is 0 Å². The maximum absolute atomic E-state index is 13.0. The summed E-state index contributed by atoms with van der Waals surface area (Å²) in [6.07, 6.45) is -0.225. The maximum atomic E-state index is 13.0. The number of carbonyl (C=O) groups is 2. The van der Waals surface area contributed by atoms with Crippen molar-refractivity contribution < 1.29 is 27.1 Å². The lowest BCUT2D eigenvalue weighted by Gasteiger charge is -2.21. The van der Waals surface area contributed by atoms with E-state index in [9.17, 15) is 22.4 Å². The van der Waals surface area contributed by atoms with Crippen LogP contribution >= 0.6 is 0 Å². The van der Waals surface area contributed by atoms with Gasteiger partial charge in [0.1, 0.15) is 11.6 Å². The Labute approximate surface area is 168 Å². The van der Waals surface area contributed by atoms with Crippen molar-refractivity contribution in [2.45, 2.75) is 37.0 Å². The molecule has 1 atom stereocenters. The fraction of sp³-hybridized carbons (Fsp3) is 0.300. The number of hydrogen-bond donors (Lipinski definition) is 2. The van der Waals surface area contributed by atoms with Crippen molar-refractivity contribution in [3.8, 4) is 5.75 Å². The molecule has 3 rings (SSSR count). The van der Waals surface area contributed by atoms with Crippen LogP contribution in [0.2, 0.25) is 0 Å². The van der Waals surface area contributed by atoms with Gasteiger partial charge < -0.3 is 15.4 Å². The molecule has 0 aliphatic carbocycles. The lowest BCUT2D eigenvalue weighted by Crippen LogP contribution is -2.30. The Balaban J connectivity index is 1.69. The van der Waals surface area contributed by atoms with Gasteiger partial charge in [0.05, 0.1) is 15.8 Å². The zero-order chi connectivity index (χ0) is 21.2. The summed E-state index contributed by atoms with van der Waals surface area (Å²) in [7, 11) is -3.80. The molecule has 0 aromatic heterocycles. The number of ether oxygens (including phenoxy) is 1. The van der Waals surface area contributed by atoms with Gasteiger partial charge in [-0.15, -0.1) is 0 Å². The summed E-state index contributed by atoms with van der Waals surface area (Å²) >= 11 is 0. The first-order valence-electron chi connectivity index (χ1n) is 8.99. The minimum atomic E-state index is -3.80. The van der Waals surface area contributed by atoms with Gasteiger partial charge in [-0.3, -0.25) is 9.59 Å². The van der Waals surface area contributed by atoms with Gasteiger partial charge in [-0.1, -0.05) is 12.1 Å². The number of rotatable bonds is 6. The molecule has 0 spiro atoms. The van der Waals surface area contributed by atoms with Gasteiger partial charge >= 0.3 is 0 Å². The highest BCUT2D eigenvalue weighted by atomic mass is 32.2. The number of sulfone groups is 1. The van der Waals surface area contributed by atoms with Crippen LogP contribution in [0.15, 0.2) is 41.3 Å². The van der Waals surface area contributed by atoms with Crippen molar-refractivity contribution in [1.29, 1.82) is 0 Å². The predicted octanol–water partition coefficient (Wildman–Crippen LogP) is 2.33. The van der Waals surface area contributed by atoms with Gasteiger partial charge in [0, 0.05) is 19.0 Å². The number of carbonyl (C=O) groups excluding carboxylic acids is 2. The fourth-order valence-electron chi connectivity index (χ4n) is 2.99. The second-order valence-electron chi connectivity index (χ2n) is 6.91. The summed E-state index contributed by atoms with van der Waals surface area (Å²) in [5, 5.41) is 4.31. The summed E-state index contributed by atoms with van der Waals surface area (Å²) < 4.78 is 44.2. The largest absolute Gasteiger partial charge is 0.482 e. The van der Waals surface area contributed by atoms with E-state index >= 15 is 0 Å². The molecule has 1 unspecified atom stereocenters. The third-order valence-corrected chi connectivity index (χ3v) is 6.90. The third-order valence-electron chi connectivity index (χ3n) is 4.62. The smallest absolute Gasteiger partial charge is 0.262 e. The van der Waals surface area contributed by atoms with E-state index in [1.807, 2.05) is 0 Å². The quantitative estimate of drug-likeness (QED) is 0.747. The first kappa shape index (κ1) is 20.8. The normalized spacial score (nSPS) is 14.4. The van der Waals surface area contributed by atoms with Gasteiger partial charge in [-0.05, 0) is 43.2 Å². The summed E-state index contributed by atoms with van der Waals surface area (Å²) in [4.78, 5) is 23.7. The van der Waals surface area contributed by atoms with Crippen LogP contribution in [0.5, 0.6) is 5.75 Å². The molecule has 1 aliphatic heterocycles. The van der Waals surface area contributed by atoms with Crippen LogP contribution < -0.4 is 15.4 Å². The number of anilines is 1. The lowest BCUT2D eigenvalue weighted by atomic mass is 10.2. The average molecular weight is 420 g/mol. The molecule has 29 heavy (non-hydrogen) atoms. The number of halogens is 1. The summed E-state index contributed by atoms with van der Waals surface area (Å²) in [5.41, 5.74) is 1.58. The Morgan fingerprint density at radius 1 is 1.28 bits per heavy atom. The molecular formula is C20H21FN2O5S. The number of benzene rings is 2. The molecular weight excluding hydrogens is 399 g/mol. The molecule has 0 fully saturated rings. The molecule has 9 heteroatoms. The molecule has 1 aliphatic rings. The van der Waals surface area contributed by atoms with E-state index in [1.54, 1.807) is 25.1 Å². The first-order valence-corrected chi connectivity index (χ1v) is 10.5. The number of nitrogens with one attached hydrogen (secondary N) is 2. The minimum Gasteiger partial charge on any atom is -0.482 e. The molecule has 7 nitrogen and oxygen atoms in total. The highest BCUT2D eigenvalue weighted by Gasteiger charge is 2.29. The maximum Gasteiger partial charge on any atom is 0.262 e. The average Bonchev–Trinajstić information content (AvgIpc) is 2.66. The Hall–Kier alpha value is -2.94. The van der Waals surface area contributed by atoms with Crippen LogP contribution in [0.25, 0.3) is 0 Å². The number of aryl methyl sites for hydroxylation is 1. The van der Waals surface area contributed by atoms with Crippen LogP contribution in [-0.2, 0) is 26.0 Å². The van der Waals surface area contributed by atoms with Gasteiger partial charge in [0.2, 0.25) is 5.91 Å². The molecule has 2 aromatic rings. The highest BCUT2D eigenvalue weighted by Crippen LogP contribution is 2.34. The van der Waals surface area contributed by atoms with Gasteiger partial charge in [0.25, 0.3) is 5.91 Å². The van der Waals surface area contributed by atoms with Crippen LogP contribution in [0, 0.1) is 12.7 Å². The Morgan fingerprint density at radius 2 is 1.97 bits per heavy atom. The molecule has 2 amide bonds. The second-order valence-corrected chi connectivity index (χ2v) is 9.25. The van der Waals surface area contributed by atoms with Crippen LogP contribution in [-0.4, -0.2) is 32.1 Å². The van der Waals surface area contributed by atoms with E-state index in [4.69, 9.17) is 4.74 Å². The Bertz CT molecular complexity index is 1050. The van der Waals surface area contributed by atoms with Gasteiger partial charge in [-0.2, -0.15) is 0 Å². The van der Waals surface area contributed by atoms with Crippen LogP contribution in [0.4, 0.5) is 10.1 Å². The molecule has 1 heterocycles. The van der Waals surface area contributed by atoms with Crippen molar-refractivity contribution in [3.63, 3.8) is 0 Å². The number of fused-ring (bicyclic) bond motifs is 1. The van der Waals surface area contributed by atoms with E-state index in [-0.39, 0.29) is 41.9 Å². The first-order chi connectivity index (χ1) is 13.7. The molecule has 0 radical (unpaired) electrons. The van der Waals surface area contributed by atoms with E-state index in [0.717, 1.165) is 0 Å². The standard InChI is InChI=1S/C20H21FN2O5S/c1-12-7-16-17(28-11-20(25)23-16)9-18(12)29(26,27)13(2)8-19(24)22-10-14-3-5-15(21)6-4-14/h3-7,9,13H,8,10-11H2,1-2H3,(H,22,24)(H,23,25). The third kappa shape index (κ3) is 4.73. The van der Waals surface area contributed by atoms with Crippen LogP contribution in [0.1, 0.15) is 24.5 Å².